The number of rotatable bonds is 5. The standard InChI is InChI=1S/C24H23ClN2O3S2/c1-15-8-9-18(25)19(12-15)27-20(14-23(26-27)24(2,3)28)22-11-10-21(31-22)16-6-5-7-17(13-16)32(4,29)30/h5-14,28H,1-4H3. The van der Waals surface area contributed by atoms with Gasteiger partial charge in [0.05, 0.1) is 31.9 Å². The van der Waals surface area contributed by atoms with Crippen molar-refractivity contribution in [2.45, 2.75) is 31.3 Å². The van der Waals surface area contributed by atoms with E-state index in [4.69, 9.17) is 11.6 Å². The molecule has 0 bridgehead atoms. The van der Waals surface area contributed by atoms with Crippen LogP contribution in [0.1, 0.15) is 25.1 Å². The Hall–Kier alpha value is -2.45. The highest BCUT2D eigenvalue weighted by atomic mass is 35.5. The number of sulfone groups is 1. The van der Waals surface area contributed by atoms with E-state index in [0.29, 0.717) is 10.7 Å². The van der Waals surface area contributed by atoms with Crippen LogP contribution in [0.2, 0.25) is 5.02 Å². The largest absolute Gasteiger partial charge is 0.384 e. The van der Waals surface area contributed by atoms with Gasteiger partial charge in [-0.05, 0) is 74.4 Å². The zero-order valence-electron chi connectivity index (χ0n) is 18.1. The molecule has 1 N–H and O–H groups in total. The predicted molar refractivity (Wildman–Crippen MR) is 130 cm³/mol. The van der Waals surface area contributed by atoms with Crippen LogP contribution in [-0.2, 0) is 15.4 Å². The molecule has 0 aliphatic heterocycles. The molecule has 0 aliphatic carbocycles. The van der Waals surface area contributed by atoms with Crippen LogP contribution < -0.4 is 0 Å². The molecule has 0 saturated heterocycles. The summed E-state index contributed by atoms with van der Waals surface area (Å²) in [5.41, 5.74) is 2.79. The van der Waals surface area contributed by atoms with Gasteiger partial charge in [-0.3, -0.25) is 0 Å². The van der Waals surface area contributed by atoms with E-state index in [0.717, 1.165) is 32.3 Å². The van der Waals surface area contributed by atoms with Crippen LogP contribution in [0.4, 0.5) is 0 Å². The Morgan fingerprint density at radius 3 is 2.44 bits per heavy atom. The first kappa shape index (κ1) is 22.7. The van der Waals surface area contributed by atoms with Crippen LogP contribution >= 0.6 is 22.9 Å². The molecule has 5 nitrogen and oxygen atoms in total. The van der Waals surface area contributed by atoms with Crippen molar-refractivity contribution >= 4 is 32.8 Å². The summed E-state index contributed by atoms with van der Waals surface area (Å²) in [6.45, 7) is 5.37. The summed E-state index contributed by atoms with van der Waals surface area (Å²) in [7, 11) is -3.30. The van der Waals surface area contributed by atoms with Gasteiger partial charge in [0.15, 0.2) is 9.84 Å². The van der Waals surface area contributed by atoms with Crippen molar-refractivity contribution in [3.63, 3.8) is 0 Å². The topological polar surface area (TPSA) is 72.2 Å². The minimum Gasteiger partial charge on any atom is -0.384 e. The molecule has 0 aliphatic rings. The summed E-state index contributed by atoms with van der Waals surface area (Å²) >= 11 is 8.02. The minimum atomic E-state index is -3.30. The van der Waals surface area contributed by atoms with Crippen molar-refractivity contribution in [2.75, 3.05) is 6.26 Å². The van der Waals surface area contributed by atoms with E-state index >= 15 is 0 Å². The van der Waals surface area contributed by atoms with Crippen LogP contribution in [0.3, 0.4) is 0 Å². The van der Waals surface area contributed by atoms with Crippen molar-refractivity contribution in [3.8, 4) is 26.7 Å². The van der Waals surface area contributed by atoms with Gasteiger partial charge >= 0.3 is 0 Å². The summed E-state index contributed by atoms with van der Waals surface area (Å²) in [6.07, 6.45) is 1.20. The highest BCUT2D eigenvalue weighted by Crippen LogP contribution is 2.38. The first-order valence-electron chi connectivity index (χ1n) is 9.93. The smallest absolute Gasteiger partial charge is 0.175 e. The van der Waals surface area contributed by atoms with E-state index in [1.165, 1.54) is 17.6 Å². The zero-order chi connectivity index (χ0) is 23.3. The lowest BCUT2D eigenvalue weighted by Gasteiger charge is -2.13. The average molecular weight is 487 g/mol. The van der Waals surface area contributed by atoms with Crippen molar-refractivity contribution < 1.29 is 13.5 Å². The van der Waals surface area contributed by atoms with E-state index in [-0.39, 0.29) is 4.90 Å². The molecule has 0 amide bonds. The van der Waals surface area contributed by atoms with Gasteiger partial charge in [-0.15, -0.1) is 11.3 Å². The molecular weight excluding hydrogens is 464 g/mol. The third-order valence-corrected chi connectivity index (χ3v) is 7.66. The van der Waals surface area contributed by atoms with Crippen molar-refractivity contribution in [1.82, 2.24) is 9.78 Å². The van der Waals surface area contributed by atoms with Crippen LogP contribution in [0.25, 0.3) is 26.7 Å². The van der Waals surface area contributed by atoms with Crippen molar-refractivity contribution in [3.05, 3.63) is 76.9 Å². The van der Waals surface area contributed by atoms with Crippen LogP contribution in [0.5, 0.6) is 0 Å². The van der Waals surface area contributed by atoms with Gasteiger partial charge in [0.25, 0.3) is 0 Å². The van der Waals surface area contributed by atoms with Gasteiger partial charge in [0.2, 0.25) is 0 Å². The van der Waals surface area contributed by atoms with Crippen LogP contribution in [-0.4, -0.2) is 29.6 Å². The summed E-state index contributed by atoms with van der Waals surface area (Å²) in [5.74, 6) is 0. The molecule has 0 atom stereocenters. The number of halogens is 1. The lowest BCUT2D eigenvalue weighted by molar-refractivity contribution is 0.0734. The second-order valence-electron chi connectivity index (χ2n) is 8.30. The number of aliphatic hydroxyl groups is 1. The Bertz CT molecular complexity index is 1410. The summed E-state index contributed by atoms with van der Waals surface area (Å²) in [6, 6.07) is 18.4. The van der Waals surface area contributed by atoms with Gasteiger partial charge in [-0.25, -0.2) is 13.1 Å². The Labute approximate surface area is 196 Å². The van der Waals surface area contributed by atoms with Gasteiger partial charge in [0.1, 0.15) is 5.60 Å². The number of hydrogen-bond donors (Lipinski definition) is 1. The maximum Gasteiger partial charge on any atom is 0.175 e. The molecule has 2 aromatic carbocycles. The van der Waals surface area contributed by atoms with E-state index in [9.17, 15) is 13.5 Å². The molecule has 0 spiro atoms. The third-order valence-electron chi connectivity index (χ3n) is 5.07. The molecule has 166 valence electrons. The fraction of sp³-hybridized carbons (Fsp3) is 0.208. The molecule has 4 rings (SSSR count). The molecule has 2 aromatic heterocycles. The van der Waals surface area contributed by atoms with E-state index < -0.39 is 15.4 Å². The molecule has 8 heteroatoms. The first-order chi connectivity index (χ1) is 14.9. The number of hydrogen-bond acceptors (Lipinski definition) is 5. The van der Waals surface area contributed by atoms with Crippen molar-refractivity contribution in [1.29, 1.82) is 0 Å². The number of thiophene rings is 1. The normalized spacial score (nSPS) is 12.3. The predicted octanol–water partition coefficient (Wildman–Crippen LogP) is 5.86. The molecule has 0 fully saturated rings. The highest BCUT2D eigenvalue weighted by molar-refractivity contribution is 7.90. The zero-order valence-corrected chi connectivity index (χ0v) is 20.5. The Morgan fingerprint density at radius 2 is 1.75 bits per heavy atom. The fourth-order valence-corrected chi connectivity index (χ4v) is 5.20. The van der Waals surface area contributed by atoms with Crippen LogP contribution in [0.15, 0.2) is 65.6 Å². The third kappa shape index (κ3) is 4.52. The van der Waals surface area contributed by atoms with E-state index in [1.807, 2.05) is 49.4 Å². The number of aromatic nitrogens is 2. The SMILES string of the molecule is Cc1ccc(Cl)c(-n2nc(C(C)(C)O)cc2-c2ccc(-c3cccc(S(C)(=O)=O)c3)s2)c1. The van der Waals surface area contributed by atoms with Gasteiger partial charge in [0, 0.05) is 11.1 Å². The molecule has 4 aromatic rings. The maximum absolute atomic E-state index is 12.0. The Balaban J connectivity index is 1.86. The molecule has 0 saturated carbocycles. The van der Waals surface area contributed by atoms with Gasteiger partial charge in [-0.2, -0.15) is 5.10 Å². The minimum absolute atomic E-state index is 0.283. The van der Waals surface area contributed by atoms with Crippen LogP contribution in [0, 0.1) is 6.92 Å². The van der Waals surface area contributed by atoms with Gasteiger partial charge in [-0.1, -0.05) is 29.8 Å². The number of benzene rings is 2. The second kappa shape index (κ2) is 8.15. The number of aryl methyl sites for hydroxylation is 1. The molecule has 2 heterocycles. The van der Waals surface area contributed by atoms with Crippen molar-refractivity contribution in [2.24, 2.45) is 0 Å². The molecule has 0 unspecified atom stereocenters. The lowest BCUT2D eigenvalue weighted by atomic mass is 10.1. The highest BCUT2D eigenvalue weighted by Gasteiger charge is 2.24. The maximum atomic E-state index is 12.0. The molecular formula is C24H23ClN2O3S2. The summed E-state index contributed by atoms with van der Waals surface area (Å²) in [4.78, 5) is 2.13. The monoisotopic (exact) mass is 486 g/mol. The fourth-order valence-electron chi connectivity index (χ4n) is 3.33. The first-order valence-corrected chi connectivity index (χ1v) is 13.0. The van der Waals surface area contributed by atoms with E-state index in [1.54, 1.807) is 36.7 Å². The average Bonchev–Trinajstić information content (AvgIpc) is 3.36. The summed E-state index contributed by atoms with van der Waals surface area (Å²) < 4.78 is 25.7. The van der Waals surface area contributed by atoms with Gasteiger partial charge < -0.3 is 5.11 Å². The second-order valence-corrected chi connectivity index (χ2v) is 11.8. The molecule has 32 heavy (non-hydrogen) atoms. The molecule has 0 radical (unpaired) electrons. The quantitative estimate of drug-likeness (QED) is 0.383. The summed E-state index contributed by atoms with van der Waals surface area (Å²) in [5, 5.41) is 15.8. The number of nitrogens with zero attached hydrogens (tertiary/aromatic N) is 2. The Kier molecular flexibility index (Phi) is 5.79. The Morgan fingerprint density at radius 1 is 1.03 bits per heavy atom. The van der Waals surface area contributed by atoms with E-state index in [2.05, 4.69) is 5.10 Å². The lowest BCUT2D eigenvalue weighted by Crippen LogP contribution is -2.16.